The van der Waals surface area contributed by atoms with Crippen LogP contribution in [0.5, 0.6) is 0 Å². The van der Waals surface area contributed by atoms with Crippen LogP contribution in [0.15, 0.2) is 0 Å². The van der Waals surface area contributed by atoms with Gasteiger partial charge in [0.1, 0.15) is 0 Å². The van der Waals surface area contributed by atoms with E-state index in [-0.39, 0.29) is 13.2 Å². The number of hydrogen-bond donors (Lipinski definition) is 2. The van der Waals surface area contributed by atoms with Crippen molar-refractivity contribution in [1.29, 1.82) is 0 Å². The van der Waals surface area contributed by atoms with Gasteiger partial charge in [-0.3, -0.25) is 9.80 Å². The molecule has 0 aromatic rings. The Kier molecular flexibility index (Phi) is 38.1. The summed E-state index contributed by atoms with van der Waals surface area (Å²) in [6.45, 7) is 19.8. The van der Waals surface area contributed by atoms with Gasteiger partial charge < -0.3 is 57.6 Å². The van der Waals surface area contributed by atoms with Crippen molar-refractivity contribution in [2.75, 3.05) is 185 Å². The average Bonchev–Trinajstić information content (AvgIpc) is 3.03. The molecule has 14 heteroatoms. The van der Waals surface area contributed by atoms with E-state index in [4.69, 9.17) is 57.6 Å². The molecule has 0 amide bonds. The second-order valence-corrected chi connectivity index (χ2v) is 9.42. The van der Waals surface area contributed by atoms with Gasteiger partial charge in [0, 0.05) is 52.5 Å². The fourth-order valence-corrected chi connectivity index (χ4v) is 3.66. The Hall–Kier alpha value is -0.560. The van der Waals surface area contributed by atoms with E-state index in [1.54, 1.807) is 0 Å². The molecule has 0 bridgehead atoms. The first kappa shape index (κ1) is 43.4. The first-order valence-corrected chi connectivity index (χ1v) is 16.2. The maximum absolute atomic E-state index is 8.74. The van der Waals surface area contributed by atoms with E-state index in [0.717, 1.165) is 52.5 Å². The zero-order chi connectivity index (χ0) is 32.0. The van der Waals surface area contributed by atoms with Crippen LogP contribution in [0.25, 0.3) is 0 Å². The molecule has 0 saturated heterocycles. The van der Waals surface area contributed by atoms with Crippen LogP contribution in [0, 0.1) is 0 Å². The summed E-state index contributed by atoms with van der Waals surface area (Å²) in [4.78, 5) is 4.52. The standard InChI is InChI=1S/C30H64N2O12/c1-3-35-13-5-31(6-14-36-4-2)7-15-39-23-27-43-29-30-44-28-24-40-18-10-32(8-16-37-21-25-41-19-11-33)9-17-38-22-26-42-20-12-34/h33-34H,3-30H2,1-2H3. The summed E-state index contributed by atoms with van der Waals surface area (Å²) in [6.07, 6.45) is 0. The Morgan fingerprint density at radius 1 is 0.295 bits per heavy atom. The van der Waals surface area contributed by atoms with Gasteiger partial charge in [-0.15, -0.1) is 0 Å². The van der Waals surface area contributed by atoms with Crippen molar-refractivity contribution in [2.24, 2.45) is 0 Å². The Balaban J connectivity index is 3.80. The van der Waals surface area contributed by atoms with E-state index in [9.17, 15) is 0 Å². The molecule has 0 aromatic heterocycles. The predicted octanol–water partition coefficient (Wildman–Crippen LogP) is -0.219. The molecule has 0 aromatic carbocycles. The maximum atomic E-state index is 8.74. The van der Waals surface area contributed by atoms with E-state index in [1.165, 1.54) is 0 Å². The summed E-state index contributed by atoms with van der Waals surface area (Å²) in [6, 6.07) is 0. The van der Waals surface area contributed by atoms with E-state index >= 15 is 0 Å². The van der Waals surface area contributed by atoms with Crippen molar-refractivity contribution in [3.05, 3.63) is 0 Å². The van der Waals surface area contributed by atoms with Crippen molar-refractivity contribution in [2.45, 2.75) is 13.8 Å². The fraction of sp³-hybridized carbons (Fsp3) is 1.00. The fourth-order valence-electron chi connectivity index (χ4n) is 3.66. The Morgan fingerprint density at radius 2 is 0.500 bits per heavy atom. The number of hydrogen-bond acceptors (Lipinski definition) is 14. The lowest BCUT2D eigenvalue weighted by Crippen LogP contribution is -2.34. The van der Waals surface area contributed by atoms with Crippen molar-refractivity contribution in [3.63, 3.8) is 0 Å². The summed E-state index contributed by atoms with van der Waals surface area (Å²) >= 11 is 0. The monoisotopic (exact) mass is 644 g/mol. The topological polar surface area (TPSA) is 139 Å². The molecule has 2 N–H and O–H groups in total. The molecule has 0 heterocycles. The van der Waals surface area contributed by atoms with Crippen LogP contribution >= 0.6 is 0 Å². The molecule has 0 aliphatic heterocycles. The van der Waals surface area contributed by atoms with Crippen LogP contribution < -0.4 is 0 Å². The van der Waals surface area contributed by atoms with Crippen molar-refractivity contribution < 1.29 is 57.6 Å². The molecule has 0 unspecified atom stereocenters. The summed E-state index contributed by atoms with van der Waals surface area (Å²) < 4.78 is 55.2. The highest BCUT2D eigenvalue weighted by molar-refractivity contribution is 4.58. The minimum atomic E-state index is 0.0134. The molecule has 0 rings (SSSR count). The lowest BCUT2D eigenvalue weighted by molar-refractivity contribution is -0.0105. The lowest BCUT2D eigenvalue weighted by atomic mass is 10.4. The molecule has 14 nitrogen and oxygen atoms in total. The minimum absolute atomic E-state index is 0.0134. The third kappa shape index (κ3) is 34.3. The van der Waals surface area contributed by atoms with Gasteiger partial charge in [-0.2, -0.15) is 0 Å². The molecular weight excluding hydrogens is 580 g/mol. The van der Waals surface area contributed by atoms with E-state index in [2.05, 4.69) is 9.80 Å². The van der Waals surface area contributed by atoms with E-state index in [0.29, 0.717) is 119 Å². The van der Waals surface area contributed by atoms with E-state index in [1.807, 2.05) is 13.8 Å². The van der Waals surface area contributed by atoms with Gasteiger partial charge in [-0.1, -0.05) is 0 Å². The van der Waals surface area contributed by atoms with Crippen molar-refractivity contribution in [1.82, 2.24) is 9.80 Å². The van der Waals surface area contributed by atoms with Gasteiger partial charge in [-0.25, -0.2) is 0 Å². The van der Waals surface area contributed by atoms with Gasteiger partial charge >= 0.3 is 0 Å². The largest absolute Gasteiger partial charge is 0.394 e. The van der Waals surface area contributed by atoms with Gasteiger partial charge in [0.15, 0.2) is 0 Å². The molecule has 0 spiro atoms. The third-order valence-corrected chi connectivity index (χ3v) is 6.05. The van der Waals surface area contributed by atoms with E-state index < -0.39 is 0 Å². The second kappa shape index (κ2) is 38.6. The van der Waals surface area contributed by atoms with Crippen LogP contribution in [0.4, 0.5) is 0 Å². The summed E-state index contributed by atoms with van der Waals surface area (Å²) in [7, 11) is 0. The molecule has 266 valence electrons. The molecule has 44 heavy (non-hydrogen) atoms. The van der Waals surface area contributed by atoms with Gasteiger partial charge in [0.2, 0.25) is 0 Å². The molecule has 0 aliphatic rings. The first-order chi connectivity index (χ1) is 21.8. The minimum Gasteiger partial charge on any atom is -0.394 e. The van der Waals surface area contributed by atoms with Crippen LogP contribution in [0.1, 0.15) is 13.8 Å². The highest BCUT2D eigenvalue weighted by Gasteiger charge is 2.07. The number of aliphatic hydroxyl groups excluding tert-OH is 2. The van der Waals surface area contributed by atoms with Gasteiger partial charge in [0.25, 0.3) is 0 Å². The molecule has 0 saturated carbocycles. The molecule has 0 atom stereocenters. The quantitative estimate of drug-likeness (QED) is 0.0853. The van der Waals surface area contributed by atoms with Crippen LogP contribution in [-0.2, 0) is 47.4 Å². The first-order valence-electron chi connectivity index (χ1n) is 16.2. The normalized spacial score (nSPS) is 11.9. The zero-order valence-corrected chi connectivity index (χ0v) is 27.7. The lowest BCUT2D eigenvalue weighted by Gasteiger charge is -2.22. The summed E-state index contributed by atoms with van der Waals surface area (Å²) in [5, 5.41) is 17.5. The van der Waals surface area contributed by atoms with Crippen molar-refractivity contribution >= 4 is 0 Å². The van der Waals surface area contributed by atoms with Crippen LogP contribution in [-0.4, -0.2) is 205 Å². The SMILES string of the molecule is CCOCCN(CCOCC)CCOCCOCCOCCOCCN(CCOCCOCCO)CCOCCOCCO. The number of aliphatic hydroxyl groups is 2. The number of ether oxygens (including phenoxy) is 10. The smallest absolute Gasteiger partial charge is 0.0701 e. The molecule has 0 aliphatic carbocycles. The highest BCUT2D eigenvalue weighted by atomic mass is 16.6. The second-order valence-electron chi connectivity index (χ2n) is 9.42. The Bertz CT molecular complexity index is 500. The number of rotatable bonds is 39. The Morgan fingerprint density at radius 3 is 0.727 bits per heavy atom. The molecular formula is C30H64N2O12. The van der Waals surface area contributed by atoms with Gasteiger partial charge in [0.05, 0.1) is 132 Å². The summed E-state index contributed by atoms with van der Waals surface area (Å²) in [5.74, 6) is 0. The third-order valence-electron chi connectivity index (χ3n) is 6.05. The van der Waals surface area contributed by atoms with Crippen molar-refractivity contribution in [3.8, 4) is 0 Å². The summed E-state index contributed by atoms with van der Waals surface area (Å²) in [5.41, 5.74) is 0. The molecule has 0 fully saturated rings. The van der Waals surface area contributed by atoms with Crippen LogP contribution in [0.3, 0.4) is 0 Å². The highest BCUT2D eigenvalue weighted by Crippen LogP contribution is 1.94. The predicted molar refractivity (Wildman–Crippen MR) is 167 cm³/mol. The average molecular weight is 645 g/mol. The molecule has 0 radical (unpaired) electrons. The number of nitrogens with zero attached hydrogens (tertiary/aromatic N) is 2. The Labute approximate surface area is 266 Å². The maximum Gasteiger partial charge on any atom is 0.0701 e. The zero-order valence-electron chi connectivity index (χ0n) is 27.7. The van der Waals surface area contributed by atoms with Crippen LogP contribution in [0.2, 0.25) is 0 Å². The van der Waals surface area contributed by atoms with Gasteiger partial charge in [-0.05, 0) is 13.8 Å².